The number of carboxylic acid groups (broad SMARTS) is 1. The van der Waals surface area contributed by atoms with Gasteiger partial charge in [0.1, 0.15) is 58.1 Å². The van der Waals surface area contributed by atoms with Gasteiger partial charge in [-0.1, -0.05) is 33.6 Å². The van der Waals surface area contributed by atoms with E-state index in [-0.39, 0.29) is 86.4 Å². The van der Waals surface area contributed by atoms with Crippen molar-refractivity contribution in [2.45, 2.75) is 71.9 Å². The number of benzene rings is 5. The number of alkyl halides is 9. The fraction of sp³-hybridized carbons (Fsp3) is 0.138. The standard InChI is InChI=1S/C16H13F3N6O2.C16H12F3N5OS.C16H10F3N5O.C10H13NO.C9H10O2.C7H3N3S.C6H5N3/c1-8-6-9(2-4-11(8)16(17,18)19)14-23-24-15(27-14)22-10-3-5-12(21-7-10)13(20)25-26;1-9-6-10(2-5-13(9)16(17,18)19)14(25)23-24-15(26)22-12-4-3-11(7-20)21-8-12;1-9-6-10(2-5-13(9)16(17,18)19)14-23-24-15(25-14)22-12-4-3-11(7-20)21-8-12;1-7-3-4-9(5-8(7)2)10(12)6-11;1-6-3-4-8(9(10)11)5-7(6)2;8-3-6-1-2-7(4-10-6)11-5-9;7-3-6-2-1-5(8)4-9-6/h2-7,26H,1H3,(H2,20,25)(H,22,24);2-6,8H,1H3,(H,23,25)(H2,22,24,26);2-6,8H,1H3,(H,22,24);3-5H,6,11H2,1-2H3;3-5H,1-2H3,(H,10,11);1-2,4H;1-2,4H,8H2. The van der Waals surface area contributed by atoms with Gasteiger partial charge in [-0.05, 0) is 245 Å². The number of hydrogen-bond donors (Lipinski definition) is 10. The monoisotopic (exact) mass is 1700 g/mol. The van der Waals surface area contributed by atoms with Crippen LogP contribution in [0.15, 0.2) is 202 Å². The normalized spacial score (nSPS) is 10.5. The van der Waals surface area contributed by atoms with Crippen LogP contribution in [0.1, 0.15) is 115 Å². The topological polar surface area (TPSA) is 503 Å². The summed E-state index contributed by atoms with van der Waals surface area (Å²) in [5, 5.41) is 87.8. The summed E-state index contributed by atoms with van der Waals surface area (Å²) in [6.07, 6.45) is -6.14. The summed E-state index contributed by atoms with van der Waals surface area (Å²) in [4.78, 5) is 53.6. The molecule has 0 bridgehead atoms. The molecule has 0 saturated heterocycles. The minimum Gasteiger partial charge on any atom is -0.478 e. The van der Waals surface area contributed by atoms with Gasteiger partial charge in [0.05, 0.1) is 76.3 Å². The number of hydrogen-bond acceptors (Lipinski definition) is 27. The second kappa shape index (κ2) is 44.4. The van der Waals surface area contributed by atoms with Gasteiger partial charge in [-0.3, -0.25) is 25.4 Å². The number of aryl methyl sites for hydroxylation is 7. The zero-order valence-electron chi connectivity index (χ0n) is 64.1. The number of nitrogen functional groups attached to an aromatic ring is 1. The molecule has 12 rings (SSSR count). The van der Waals surface area contributed by atoms with Crippen LogP contribution in [0.2, 0.25) is 0 Å². The molecule has 12 aromatic rings. The lowest BCUT2D eigenvalue weighted by Gasteiger charge is -2.13. The highest BCUT2D eigenvalue weighted by molar-refractivity contribution is 8.03. The molecule has 7 aromatic heterocycles. The van der Waals surface area contributed by atoms with Crippen LogP contribution in [-0.2, 0) is 18.5 Å². The van der Waals surface area contributed by atoms with E-state index in [1.54, 1.807) is 54.6 Å². The number of aromatic nitrogens is 9. The number of nitrogens with zero attached hydrogens (tertiary/aromatic N) is 15. The number of hydrazine groups is 1. The van der Waals surface area contributed by atoms with Gasteiger partial charge in [-0.2, -0.15) is 65.8 Å². The Kier molecular flexibility index (Phi) is 34.5. The summed E-state index contributed by atoms with van der Waals surface area (Å²) >= 11 is 6.01. The number of pyridine rings is 5. The molecule has 0 aliphatic heterocycles. The number of rotatable bonds is 13. The molecule has 30 nitrogen and oxygen atoms in total. The number of amides is 1. The molecule has 0 unspecified atom stereocenters. The number of thiocyanates is 1. The lowest BCUT2D eigenvalue weighted by molar-refractivity contribution is -0.138. The number of Topliss-reactive ketones (excluding diaryl/α,β-unsaturated/α-hetero) is 1. The first-order valence-electron chi connectivity index (χ1n) is 34.2. The Balaban J connectivity index is 0.000000228. The molecule has 1 amide bonds. The predicted octanol–water partition coefficient (Wildman–Crippen LogP) is 15.8. The number of carbonyl (C=O) groups is 3. The van der Waals surface area contributed by atoms with Crippen molar-refractivity contribution in [2.24, 2.45) is 16.6 Å². The number of anilines is 6. The maximum atomic E-state index is 12.8. The quantitative estimate of drug-likeness (QED) is 0.00590. The van der Waals surface area contributed by atoms with Crippen molar-refractivity contribution >= 4 is 87.4 Å². The Morgan fingerprint density at radius 2 is 0.901 bits per heavy atom. The summed E-state index contributed by atoms with van der Waals surface area (Å²) in [5.41, 5.74) is 28.4. The molecule has 0 spiro atoms. The van der Waals surface area contributed by atoms with E-state index in [4.69, 9.17) is 74.9 Å². The summed E-state index contributed by atoms with van der Waals surface area (Å²) in [5.74, 6) is -1.51. The highest BCUT2D eigenvalue weighted by Crippen LogP contribution is 2.37. The number of aromatic carboxylic acids is 1. The van der Waals surface area contributed by atoms with Crippen LogP contribution in [0.4, 0.5) is 74.3 Å². The second-order valence-electron chi connectivity index (χ2n) is 24.5. The molecule has 0 aliphatic carbocycles. The smallest absolute Gasteiger partial charge is 0.416 e. The fourth-order valence-electron chi connectivity index (χ4n) is 9.40. The molecule has 0 fully saturated rings. The van der Waals surface area contributed by atoms with Crippen molar-refractivity contribution in [3.05, 3.63) is 283 Å². The summed E-state index contributed by atoms with van der Waals surface area (Å²) in [6.45, 7) is 12.0. The number of thioether (sulfide) groups is 1. The van der Waals surface area contributed by atoms with Crippen LogP contribution in [0.25, 0.3) is 22.9 Å². The number of nitrogens with one attached hydrogen (secondary N) is 5. The average Bonchev–Trinajstić information content (AvgIpc) is 1.79. The number of nitriles is 5. The number of thiocarbonyl (C=S) groups is 1. The van der Waals surface area contributed by atoms with E-state index in [0.717, 1.165) is 63.7 Å². The van der Waals surface area contributed by atoms with E-state index in [0.29, 0.717) is 56.4 Å². The van der Waals surface area contributed by atoms with E-state index in [1.165, 1.54) is 99.8 Å². The first-order chi connectivity index (χ1) is 57.3. The van der Waals surface area contributed by atoms with Crippen LogP contribution in [0, 0.1) is 104 Å². The van der Waals surface area contributed by atoms with Crippen LogP contribution < -0.4 is 44.0 Å². The van der Waals surface area contributed by atoms with E-state index in [2.05, 4.69) is 77.3 Å². The third-order valence-corrected chi connectivity index (χ3v) is 16.6. The third-order valence-electron chi connectivity index (χ3n) is 15.8. The van der Waals surface area contributed by atoms with Crippen LogP contribution in [0.3, 0.4) is 0 Å². The number of oxime groups is 1. The number of carboxylic acids is 1. The van der Waals surface area contributed by atoms with Gasteiger partial charge >= 0.3 is 36.5 Å². The van der Waals surface area contributed by atoms with Crippen molar-refractivity contribution in [3.8, 4) is 52.6 Å². The summed E-state index contributed by atoms with van der Waals surface area (Å²) < 4.78 is 126. The van der Waals surface area contributed by atoms with Gasteiger partial charge < -0.3 is 52.3 Å². The Hall–Kier alpha value is -15.8. The Labute approximate surface area is 692 Å². The zero-order chi connectivity index (χ0) is 89.3. The molecule has 41 heteroatoms. The minimum atomic E-state index is -4.47. The van der Waals surface area contributed by atoms with Crippen molar-refractivity contribution in [2.75, 3.05) is 28.2 Å². The van der Waals surface area contributed by atoms with Crippen molar-refractivity contribution in [3.63, 3.8) is 0 Å². The number of carbonyl (C=O) groups excluding carboxylic acids is 2. The molecule has 5 aromatic carbocycles. The van der Waals surface area contributed by atoms with Gasteiger partial charge in [0.25, 0.3) is 5.91 Å². The van der Waals surface area contributed by atoms with Crippen LogP contribution >= 0.6 is 24.0 Å². The summed E-state index contributed by atoms with van der Waals surface area (Å²) in [7, 11) is 0. The molecule has 121 heavy (non-hydrogen) atoms. The maximum absolute atomic E-state index is 12.8. The first kappa shape index (κ1) is 94.1. The van der Waals surface area contributed by atoms with E-state index in [9.17, 15) is 53.9 Å². The predicted molar refractivity (Wildman–Crippen MR) is 429 cm³/mol. The number of halogens is 9. The molecule has 618 valence electrons. The molecular formula is C80H66F9N23O7S2. The van der Waals surface area contributed by atoms with Gasteiger partial charge in [-0.25, -0.2) is 24.7 Å². The molecular weight excluding hydrogens is 1630 g/mol. The zero-order valence-corrected chi connectivity index (χ0v) is 65.8. The van der Waals surface area contributed by atoms with E-state index in [1.807, 2.05) is 81.6 Å². The van der Waals surface area contributed by atoms with Gasteiger partial charge in [-0.15, -0.1) is 10.2 Å². The maximum Gasteiger partial charge on any atom is 0.416 e. The molecule has 0 aliphatic rings. The van der Waals surface area contributed by atoms with Crippen LogP contribution in [0.5, 0.6) is 0 Å². The molecule has 0 atom stereocenters. The Bertz CT molecular complexity index is 5860. The van der Waals surface area contributed by atoms with E-state index < -0.39 is 47.1 Å². The molecule has 0 saturated carbocycles. The highest BCUT2D eigenvalue weighted by atomic mass is 32.2. The first-order valence-corrected chi connectivity index (χ1v) is 35.5. The lowest BCUT2D eigenvalue weighted by atomic mass is 10.0. The average molecular weight is 1700 g/mol. The number of amidine groups is 1. The molecule has 0 radical (unpaired) electrons. The largest absolute Gasteiger partial charge is 0.478 e. The fourth-order valence-corrected chi connectivity index (χ4v) is 9.92. The van der Waals surface area contributed by atoms with Crippen LogP contribution in [-0.4, -0.2) is 90.8 Å². The van der Waals surface area contributed by atoms with Crippen molar-refractivity contribution in [1.29, 1.82) is 26.3 Å². The molecule has 13 N–H and O–H groups in total. The Morgan fingerprint density at radius 3 is 1.28 bits per heavy atom. The van der Waals surface area contributed by atoms with E-state index >= 15 is 0 Å². The SMILES string of the molecule is Cc1cc(-c2nnc(Nc3ccc(C#N)nc3)o2)ccc1C(F)(F)F.Cc1cc(-c2nnc(Nc3ccc(C(N)=NO)nc3)o2)ccc1C(F)(F)F.Cc1cc(C(=O)NNC(=S)Nc2ccc(C#N)nc2)ccc1C(F)(F)F.Cc1ccc(C(=O)CN)cc1C.Cc1ccc(C(=O)O)cc1C.N#CSc1ccc(C#N)nc1.N#Cc1ccc(N)cn1. The van der Waals surface area contributed by atoms with Gasteiger partial charge in [0.15, 0.2) is 16.7 Å². The number of ketones is 1. The van der Waals surface area contributed by atoms with Gasteiger partial charge in [0.2, 0.25) is 11.8 Å². The van der Waals surface area contributed by atoms with Gasteiger partial charge in [0, 0.05) is 33.3 Å². The highest BCUT2D eigenvalue weighted by Gasteiger charge is 2.35. The summed E-state index contributed by atoms with van der Waals surface area (Å²) in [6, 6.07) is 44.4. The van der Waals surface area contributed by atoms with Crippen molar-refractivity contribution < 1.29 is 73.0 Å². The lowest BCUT2D eigenvalue weighted by Crippen LogP contribution is -2.43. The number of nitrogens with two attached hydrogens (primary N) is 3. The third kappa shape index (κ3) is 29.8. The Morgan fingerprint density at radius 1 is 0.488 bits per heavy atom. The van der Waals surface area contributed by atoms with Crippen molar-refractivity contribution in [1.82, 2.24) is 56.2 Å². The molecule has 7 heterocycles. The second-order valence-corrected chi connectivity index (χ2v) is 25.8. The minimum absolute atomic E-state index is 0.00176.